The predicted molar refractivity (Wildman–Crippen MR) is 88.5 cm³/mol. The topological polar surface area (TPSA) is 47.8 Å². The zero-order valence-electron chi connectivity index (χ0n) is 11.2. The molecule has 0 radical (unpaired) electrons. The van der Waals surface area contributed by atoms with Gasteiger partial charge in [0.1, 0.15) is 11.4 Å². The second kappa shape index (κ2) is 5.69. The summed E-state index contributed by atoms with van der Waals surface area (Å²) in [6.07, 6.45) is 1.63. The van der Waals surface area contributed by atoms with E-state index in [0.29, 0.717) is 26.9 Å². The maximum Gasteiger partial charge on any atom is 0.231 e. The molecule has 4 nitrogen and oxygen atoms in total. The number of para-hydroxylation sites is 1. The maximum atomic E-state index is 12.8. The quantitative estimate of drug-likeness (QED) is 0.610. The van der Waals surface area contributed by atoms with E-state index in [9.17, 15) is 4.79 Å². The van der Waals surface area contributed by atoms with Crippen LogP contribution in [0.1, 0.15) is 23.1 Å². The number of aromatic nitrogens is 3. The fourth-order valence-corrected chi connectivity index (χ4v) is 3.18. The minimum absolute atomic E-state index is 0.154. The average Bonchev–Trinajstić information content (AvgIpc) is 2.86. The number of fused-ring (bicyclic) bond motifs is 1. The lowest BCUT2D eigenvalue weighted by molar-refractivity contribution is 0.102. The molecule has 0 saturated carbocycles. The van der Waals surface area contributed by atoms with Gasteiger partial charge in [0.15, 0.2) is 0 Å². The number of halogens is 2. The molecule has 0 amide bonds. The van der Waals surface area contributed by atoms with Crippen molar-refractivity contribution >= 4 is 48.5 Å². The number of rotatable bonds is 3. The van der Waals surface area contributed by atoms with Crippen LogP contribution in [0.3, 0.4) is 0 Å². The molecule has 0 N–H and O–H groups in total. The van der Waals surface area contributed by atoms with Crippen molar-refractivity contribution in [2.75, 3.05) is 0 Å². The molecule has 0 bridgehead atoms. The highest BCUT2D eigenvalue weighted by Gasteiger charge is 2.22. The van der Waals surface area contributed by atoms with Gasteiger partial charge in [-0.3, -0.25) is 9.48 Å². The Hall–Kier alpha value is -1.53. The van der Waals surface area contributed by atoms with Crippen molar-refractivity contribution in [3.8, 4) is 0 Å². The summed E-state index contributed by atoms with van der Waals surface area (Å²) in [7, 11) is 0. The molecule has 3 aromatic rings. The zero-order valence-corrected chi connectivity index (χ0v) is 14.3. The molecule has 0 saturated heterocycles. The molecule has 0 atom stereocenters. The summed E-state index contributed by atoms with van der Waals surface area (Å²) in [4.78, 5) is 17.3. The summed E-state index contributed by atoms with van der Waals surface area (Å²) in [6, 6.07) is 9.62. The molecule has 2 aromatic heterocycles. The smallest absolute Gasteiger partial charge is 0.231 e. The van der Waals surface area contributed by atoms with Gasteiger partial charge < -0.3 is 0 Å². The van der Waals surface area contributed by atoms with Gasteiger partial charge in [-0.25, -0.2) is 4.98 Å². The van der Waals surface area contributed by atoms with Gasteiger partial charge in [-0.2, -0.15) is 5.10 Å². The Kier molecular flexibility index (Phi) is 3.91. The van der Waals surface area contributed by atoms with Crippen molar-refractivity contribution < 1.29 is 4.79 Å². The fraction of sp³-hybridized carbons (Fsp3) is 0.133. The van der Waals surface area contributed by atoms with Gasteiger partial charge in [-0.1, -0.05) is 18.2 Å². The third-order valence-electron chi connectivity index (χ3n) is 3.20. The highest BCUT2D eigenvalue weighted by molar-refractivity contribution is 9.10. The Morgan fingerprint density at radius 3 is 2.76 bits per heavy atom. The molecule has 0 aliphatic carbocycles. The van der Waals surface area contributed by atoms with E-state index < -0.39 is 0 Å². The summed E-state index contributed by atoms with van der Waals surface area (Å²) in [5, 5.41) is 5.17. The third-order valence-corrected chi connectivity index (χ3v) is 4.39. The van der Waals surface area contributed by atoms with Gasteiger partial charge in [0.05, 0.1) is 16.2 Å². The zero-order chi connectivity index (χ0) is 15.0. The first-order chi connectivity index (χ1) is 10.1. The van der Waals surface area contributed by atoms with Crippen molar-refractivity contribution in [3.05, 3.63) is 56.9 Å². The van der Waals surface area contributed by atoms with Crippen LogP contribution in [0.2, 0.25) is 0 Å². The van der Waals surface area contributed by atoms with Crippen molar-refractivity contribution in [1.29, 1.82) is 0 Å². The lowest BCUT2D eigenvalue weighted by atomic mass is 10.1. The van der Waals surface area contributed by atoms with Crippen molar-refractivity contribution in [2.45, 2.75) is 13.5 Å². The van der Waals surface area contributed by atoms with E-state index in [1.807, 2.05) is 37.3 Å². The second-order valence-corrected chi connectivity index (χ2v) is 6.21. The number of hydrogen-bond acceptors (Lipinski definition) is 3. The van der Waals surface area contributed by atoms with E-state index in [4.69, 9.17) is 0 Å². The molecule has 0 aliphatic heterocycles. The Morgan fingerprint density at radius 2 is 2.00 bits per heavy atom. The van der Waals surface area contributed by atoms with Crippen LogP contribution < -0.4 is 0 Å². The fourth-order valence-electron chi connectivity index (χ4n) is 2.19. The van der Waals surface area contributed by atoms with Crippen LogP contribution in [0.15, 0.2) is 45.5 Å². The Labute approximate surface area is 138 Å². The van der Waals surface area contributed by atoms with Crippen LogP contribution >= 0.6 is 31.9 Å². The third kappa shape index (κ3) is 2.53. The molecule has 106 valence electrons. The van der Waals surface area contributed by atoms with Gasteiger partial charge in [0.25, 0.3) is 0 Å². The highest BCUT2D eigenvalue weighted by atomic mass is 79.9. The SMILES string of the molecule is CCn1ncc(Br)c1C(=O)c1nc2ccccc2cc1Br. The van der Waals surface area contributed by atoms with Gasteiger partial charge in [0, 0.05) is 16.4 Å². The summed E-state index contributed by atoms with van der Waals surface area (Å²) >= 11 is 6.83. The molecule has 21 heavy (non-hydrogen) atoms. The van der Waals surface area contributed by atoms with E-state index in [1.165, 1.54) is 0 Å². The van der Waals surface area contributed by atoms with Gasteiger partial charge in [-0.15, -0.1) is 0 Å². The van der Waals surface area contributed by atoms with Gasteiger partial charge >= 0.3 is 0 Å². The lowest BCUT2D eigenvalue weighted by Gasteiger charge is -2.07. The molecule has 2 heterocycles. The summed E-state index contributed by atoms with van der Waals surface area (Å²) < 4.78 is 3.02. The van der Waals surface area contributed by atoms with E-state index >= 15 is 0 Å². The average molecular weight is 409 g/mol. The number of carbonyl (C=O) groups excluding carboxylic acids is 1. The molecule has 0 aliphatic rings. The Bertz CT molecular complexity index is 842. The summed E-state index contributed by atoms with van der Waals surface area (Å²) in [6.45, 7) is 2.57. The van der Waals surface area contributed by atoms with Gasteiger partial charge in [0.2, 0.25) is 5.78 Å². The molecule has 3 rings (SSSR count). The summed E-state index contributed by atoms with van der Waals surface area (Å²) in [5.41, 5.74) is 1.70. The monoisotopic (exact) mass is 407 g/mol. The normalized spacial score (nSPS) is 11.0. The molecule has 0 fully saturated rings. The number of aryl methyl sites for hydroxylation is 1. The molecular formula is C15H11Br2N3O. The van der Waals surface area contributed by atoms with Crippen molar-refractivity contribution in [3.63, 3.8) is 0 Å². The minimum atomic E-state index is -0.154. The summed E-state index contributed by atoms with van der Waals surface area (Å²) in [5.74, 6) is -0.154. The molecule has 6 heteroatoms. The number of hydrogen-bond donors (Lipinski definition) is 0. The molecule has 0 unspecified atom stereocenters. The standard InChI is InChI=1S/C15H11Br2N3O/c1-2-20-14(11(17)8-18-20)15(21)13-10(16)7-9-5-3-4-6-12(9)19-13/h3-8H,2H2,1H3. The van der Waals surface area contributed by atoms with Crippen molar-refractivity contribution in [2.24, 2.45) is 0 Å². The lowest BCUT2D eigenvalue weighted by Crippen LogP contribution is -2.13. The molecular weight excluding hydrogens is 398 g/mol. The largest absolute Gasteiger partial charge is 0.285 e. The van der Waals surface area contributed by atoms with E-state index in [2.05, 4.69) is 41.9 Å². The van der Waals surface area contributed by atoms with Crippen LogP contribution in [0.25, 0.3) is 10.9 Å². The number of nitrogens with zero attached hydrogens (tertiary/aromatic N) is 3. The van der Waals surface area contributed by atoms with E-state index in [1.54, 1.807) is 10.9 Å². The Balaban J connectivity index is 2.17. The molecule has 1 aromatic carbocycles. The van der Waals surface area contributed by atoms with Gasteiger partial charge in [-0.05, 0) is 50.9 Å². The number of carbonyl (C=O) groups is 1. The van der Waals surface area contributed by atoms with E-state index in [-0.39, 0.29) is 5.78 Å². The maximum absolute atomic E-state index is 12.8. The van der Waals surface area contributed by atoms with Crippen LogP contribution in [-0.2, 0) is 6.54 Å². The Morgan fingerprint density at radius 1 is 1.24 bits per heavy atom. The second-order valence-electron chi connectivity index (χ2n) is 4.50. The predicted octanol–water partition coefficient (Wildman–Crippen LogP) is 4.21. The van der Waals surface area contributed by atoms with Crippen LogP contribution in [0.5, 0.6) is 0 Å². The van der Waals surface area contributed by atoms with Crippen LogP contribution in [0.4, 0.5) is 0 Å². The first-order valence-electron chi connectivity index (χ1n) is 6.43. The van der Waals surface area contributed by atoms with Crippen molar-refractivity contribution in [1.82, 2.24) is 14.8 Å². The van der Waals surface area contributed by atoms with E-state index in [0.717, 1.165) is 10.9 Å². The first-order valence-corrected chi connectivity index (χ1v) is 8.01. The first kappa shape index (κ1) is 14.4. The molecule has 0 spiro atoms. The number of pyridine rings is 1. The number of ketones is 1. The number of benzene rings is 1. The highest BCUT2D eigenvalue weighted by Crippen LogP contribution is 2.26. The van der Waals surface area contributed by atoms with Crippen LogP contribution in [0, 0.1) is 0 Å². The minimum Gasteiger partial charge on any atom is -0.285 e. The van der Waals surface area contributed by atoms with Crippen LogP contribution in [-0.4, -0.2) is 20.5 Å².